The van der Waals surface area contributed by atoms with E-state index >= 15 is 0 Å². The summed E-state index contributed by atoms with van der Waals surface area (Å²) in [4.78, 5) is 2.52. The lowest BCUT2D eigenvalue weighted by atomic mass is 9.90. The third-order valence-corrected chi connectivity index (χ3v) is 5.08. The Kier molecular flexibility index (Phi) is 5.19. The van der Waals surface area contributed by atoms with Crippen molar-refractivity contribution in [2.45, 2.75) is 57.2 Å². The molecule has 2 aliphatic carbocycles. The Balaban J connectivity index is 1.78. The predicted octanol–water partition coefficient (Wildman–Crippen LogP) is 3.44. The lowest BCUT2D eigenvalue weighted by Gasteiger charge is -2.40. The zero-order chi connectivity index (χ0) is 14.7. The molecule has 0 aliphatic heterocycles. The normalized spacial score (nSPS) is 18.6. The molecule has 0 atom stereocenters. The fourth-order valence-corrected chi connectivity index (χ4v) is 3.28. The second-order valence-electron chi connectivity index (χ2n) is 6.28. The van der Waals surface area contributed by atoms with Gasteiger partial charge in [0, 0.05) is 41.9 Å². The predicted molar refractivity (Wildman–Crippen MR) is 90.7 cm³/mol. The quantitative estimate of drug-likeness (QED) is 0.752. The monoisotopic (exact) mass is 352 g/mol. The Hall–Kier alpha value is -0.580. The average Bonchev–Trinajstić information content (AvgIpc) is 3.24. The van der Waals surface area contributed by atoms with Gasteiger partial charge in [-0.1, -0.05) is 22.0 Å². The molecule has 2 saturated carbocycles. The molecular weight excluding hydrogens is 328 g/mol. The maximum atomic E-state index is 9.19. The van der Waals surface area contributed by atoms with Gasteiger partial charge in [0.2, 0.25) is 0 Å². The Labute approximate surface area is 135 Å². The maximum Gasteiger partial charge on any atom is 0.0447 e. The summed E-state index contributed by atoms with van der Waals surface area (Å²) in [6.07, 6.45) is 7.40. The van der Waals surface area contributed by atoms with Crippen molar-refractivity contribution in [2.24, 2.45) is 0 Å². The van der Waals surface area contributed by atoms with E-state index in [0.29, 0.717) is 6.04 Å². The van der Waals surface area contributed by atoms with Crippen LogP contribution in [0.15, 0.2) is 22.7 Å². The molecule has 2 N–H and O–H groups in total. The van der Waals surface area contributed by atoms with Gasteiger partial charge in [-0.05, 0) is 56.2 Å². The lowest BCUT2D eigenvalue weighted by Crippen LogP contribution is -2.42. The van der Waals surface area contributed by atoms with Gasteiger partial charge in [-0.2, -0.15) is 0 Å². The number of hydrogen-bond donors (Lipinski definition) is 2. The molecule has 4 heteroatoms. The highest BCUT2D eigenvalue weighted by molar-refractivity contribution is 9.10. The molecule has 0 aromatic heterocycles. The molecule has 21 heavy (non-hydrogen) atoms. The molecule has 2 fully saturated rings. The van der Waals surface area contributed by atoms with Crippen LogP contribution in [0.1, 0.15) is 44.1 Å². The molecule has 3 rings (SSSR count). The van der Waals surface area contributed by atoms with E-state index in [9.17, 15) is 5.11 Å². The Morgan fingerprint density at radius 1 is 1.24 bits per heavy atom. The first-order valence-electron chi connectivity index (χ1n) is 8.17. The molecule has 0 radical (unpaired) electrons. The molecule has 0 saturated heterocycles. The summed E-state index contributed by atoms with van der Waals surface area (Å²) in [5.74, 6) is 0. The number of anilines is 1. The van der Waals surface area contributed by atoms with Crippen molar-refractivity contribution in [3.8, 4) is 0 Å². The lowest BCUT2D eigenvalue weighted by molar-refractivity contribution is 0.283. The van der Waals surface area contributed by atoms with E-state index in [1.807, 2.05) is 0 Å². The highest BCUT2D eigenvalue weighted by Gasteiger charge is 2.27. The highest BCUT2D eigenvalue weighted by Crippen LogP contribution is 2.34. The van der Waals surface area contributed by atoms with E-state index in [1.54, 1.807) is 0 Å². The topological polar surface area (TPSA) is 35.5 Å². The van der Waals surface area contributed by atoms with Gasteiger partial charge < -0.3 is 15.3 Å². The van der Waals surface area contributed by atoms with Crippen LogP contribution in [0.2, 0.25) is 0 Å². The molecule has 1 aromatic carbocycles. The Bertz CT molecular complexity index is 472. The van der Waals surface area contributed by atoms with Crippen molar-refractivity contribution >= 4 is 21.6 Å². The number of aliphatic hydroxyl groups excluding tert-OH is 1. The van der Waals surface area contributed by atoms with E-state index in [0.717, 1.165) is 30.0 Å². The zero-order valence-corrected chi connectivity index (χ0v) is 14.1. The molecule has 0 bridgehead atoms. The molecule has 0 heterocycles. The molecule has 3 nitrogen and oxygen atoms in total. The Morgan fingerprint density at radius 3 is 2.67 bits per heavy atom. The van der Waals surface area contributed by atoms with E-state index in [-0.39, 0.29) is 6.61 Å². The molecule has 0 unspecified atom stereocenters. The van der Waals surface area contributed by atoms with E-state index in [4.69, 9.17) is 0 Å². The molecular formula is C17H25BrN2O. The molecule has 0 spiro atoms. The summed E-state index contributed by atoms with van der Waals surface area (Å²) in [6, 6.07) is 8.01. The van der Waals surface area contributed by atoms with Gasteiger partial charge in [0.05, 0.1) is 0 Å². The number of hydrogen-bond acceptors (Lipinski definition) is 3. The van der Waals surface area contributed by atoms with Crippen LogP contribution in [-0.4, -0.2) is 30.3 Å². The van der Waals surface area contributed by atoms with Gasteiger partial charge in [-0.25, -0.2) is 0 Å². The number of aliphatic hydroxyl groups is 1. The molecule has 0 amide bonds. The van der Waals surface area contributed by atoms with Crippen LogP contribution in [0, 0.1) is 0 Å². The number of halogens is 1. The van der Waals surface area contributed by atoms with E-state index in [1.165, 1.54) is 43.4 Å². The van der Waals surface area contributed by atoms with Crippen LogP contribution in [-0.2, 0) is 6.54 Å². The molecule has 116 valence electrons. The first-order chi connectivity index (χ1) is 10.3. The van der Waals surface area contributed by atoms with Crippen molar-refractivity contribution < 1.29 is 5.11 Å². The van der Waals surface area contributed by atoms with Crippen molar-refractivity contribution in [3.05, 3.63) is 28.2 Å². The summed E-state index contributed by atoms with van der Waals surface area (Å²) in [5.41, 5.74) is 2.73. The smallest absolute Gasteiger partial charge is 0.0447 e. The third kappa shape index (κ3) is 3.99. The van der Waals surface area contributed by atoms with Crippen LogP contribution < -0.4 is 10.2 Å². The number of nitrogens with one attached hydrogen (secondary N) is 1. The maximum absolute atomic E-state index is 9.19. The second kappa shape index (κ2) is 7.12. The second-order valence-corrected chi connectivity index (χ2v) is 7.20. The molecule has 1 aromatic rings. The van der Waals surface area contributed by atoms with E-state index in [2.05, 4.69) is 44.3 Å². The van der Waals surface area contributed by atoms with Gasteiger partial charge in [-0.15, -0.1) is 0 Å². The van der Waals surface area contributed by atoms with Crippen LogP contribution in [0.4, 0.5) is 5.69 Å². The number of nitrogens with zero attached hydrogens (tertiary/aromatic N) is 1. The Morgan fingerprint density at radius 2 is 2.05 bits per heavy atom. The van der Waals surface area contributed by atoms with Gasteiger partial charge in [0.25, 0.3) is 0 Å². The van der Waals surface area contributed by atoms with E-state index < -0.39 is 0 Å². The zero-order valence-electron chi connectivity index (χ0n) is 12.5. The summed E-state index contributed by atoms with van der Waals surface area (Å²) < 4.78 is 1.14. The summed E-state index contributed by atoms with van der Waals surface area (Å²) in [6.45, 7) is 2.18. The first-order valence-corrected chi connectivity index (χ1v) is 8.96. The highest BCUT2D eigenvalue weighted by atomic mass is 79.9. The van der Waals surface area contributed by atoms with Crippen LogP contribution in [0.5, 0.6) is 0 Å². The molecule has 2 aliphatic rings. The van der Waals surface area contributed by atoms with Crippen molar-refractivity contribution in [2.75, 3.05) is 18.1 Å². The van der Waals surface area contributed by atoms with Crippen LogP contribution >= 0.6 is 15.9 Å². The van der Waals surface area contributed by atoms with Crippen molar-refractivity contribution in [3.63, 3.8) is 0 Å². The third-order valence-electron chi connectivity index (χ3n) is 4.59. The fraction of sp³-hybridized carbons (Fsp3) is 0.647. The summed E-state index contributed by atoms with van der Waals surface area (Å²) in [7, 11) is 0. The van der Waals surface area contributed by atoms with Crippen LogP contribution in [0.3, 0.4) is 0 Å². The standard InChI is InChI=1S/C17H25BrN2O/c18-14-6-5-13(12-19-15-7-8-15)17(11-14)20(9-2-10-21)16-3-1-4-16/h5-6,11,15-16,19,21H,1-4,7-10,12H2. The van der Waals surface area contributed by atoms with Gasteiger partial charge in [-0.3, -0.25) is 0 Å². The van der Waals surface area contributed by atoms with Gasteiger partial charge in [0.15, 0.2) is 0 Å². The SMILES string of the molecule is OCCCN(c1cc(Br)ccc1CNC1CC1)C1CCC1. The van der Waals surface area contributed by atoms with Gasteiger partial charge >= 0.3 is 0 Å². The summed E-state index contributed by atoms with van der Waals surface area (Å²) in [5, 5.41) is 12.8. The summed E-state index contributed by atoms with van der Waals surface area (Å²) >= 11 is 3.62. The number of benzene rings is 1. The average molecular weight is 353 g/mol. The fourth-order valence-electron chi connectivity index (χ4n) is 2.93. The first kappa shape index (κ1) is 15.3. The minimum absolute atomic E-state index is 0.271. The number of rotatable bonds is 8. The van der Waals surface area contributed by atoms with Gasteiger partial charge in [0.1, 0.15) is 0 Å². The minimum atomic E-state index is 0.271. The van der Waals surface area contributed by atoms with Crippen LogP contribution in [0.25, 0.3) is 0 Å². The minimum Gasteiger partial charge on any atom is -0.396 e. The van der Waals surface area contributed by atoms with Crippen molar-refractivity contribution in [1.29, 1.82) is 0 Å². The largest absolute Gasteiger partial charge is 0.396 e. The van der Waals surface area contributed by atoms with Crippen molar-refractivity contribution in [1.82, 2.24) is 5.32 Å².